The maximum atomic E-state index is 12.0. The molecule has 6 heteroatoms. The van der Waals surface area contributed by atoms with E-state index in [-0.39, 0.29) is 35.7 Å². The minimum absolute atomic E-state index is 0.203. The van der Waals surface area contributed by atoms with Crippen LogP contribution in [0.4, 0.5) is 0 Å². The third-order valence-electron chi connectivity index (χ3n) is 4.32. The molecule has 0 saturated carbocycles. The van der Waals surface area contributed by atoms with Gasteiger partial charge in [0, 0.05) is 6.07 Å². The van der Waals surface area contributed by atoms with E-state index in [9.17, 15) is 14.4 Å². The van der Waals surface area contributed by atoms with E-state index in [0.29, 0.717) is 22.8 Å². The van der Waals surface area contributed by atoms with Crippen LogP contribution in [0.3, 0.4) is 0 Å². The minimum Gasteiger partial charge on any atom is -0.426 e. The van der Waals surface area contributed by atoms with E-state index in [1.165, 1.54) is 6.07 Å². The Kier molecular flexibility index (Phi) is 8.76. The lowest BCUT2D eigenvalue weighted by atomic mass is 10.1. The molecule has 6 nitrogen and oxygen atoms in total. The monoisotopic (exact) mass is 438 g/mol. The van der Waals surface area contributed by atoms with Crippen LogP contribution in [-0.4, -0.2) is 17.9 Å². The van der Waals surface area contributed by atoms with Crippen molar-refractivity contribution in [3.8, 4) is 17.2 Å². The van der Waals surface area contributed by atoms with E-state index < -0.39 is 0 Å². The van der Waals surface area contributed by atoms with Gasteiger partial charge in [0.1, 0.15) is 17.2 Å². The van der Waals surface area contributed by atoms with Crippen LogP contribution in [0.2, 0.25) is 0 Å². The summed E-state index contributed by atoms with van der Waals surface area (Å²) in [4.78, 5) is 35.7. The highest BCUT2D eigenvalue weighted by Crippen LogP contribution is 2.26. The number of carbonyl (C=O) groups is 3. The van der Waals surface area contributed by atoms with Crippen molar-refractivity contribution in [1.29, 1.82) is 0 Å². The van der Waals surface area contributed by atoms with Gasteiger partial charge in [0.15, 0.2) is 0 Å². The average molecular weight is 439 g/mol. The van der Waals surface area contributed by atoms with Gasteiger partial charge < -0.3 is 14.2 Å². The SMILES string of the molecule is CC(C)C(=O)Oc1ccc(/C=C/c2cc(OC(=O)C(C)C)cc(OC(=O)C(C)C)c2)cc1. The summed E-state index contributed by atoms with van der Waals surface area (Å²) in [6.07, 6.45) is 3.67. The zero-order valence-corrected chi connectivity index (χ0v) is 19.4. The van der Waals surface area contributed by atoms with Crippen molar-refractivity contribution in [1.82, 2.24) is 0 Å². The number of benzene rings is 2. The molecule has 0 amide bonds. The average Bonchev–Trinajstić information content (AvgIpc) is 2.72. The molecule has 0 saturated heterocycles. The highest BCUT2D eigenvalue weighted by atomic mass is 16.5. The first kappa shape index (κ1) is 24.9. The largest absolute Gasteiger partial charge is 0.426 e. The first-order valence-corrected chi connectivity index (χ1v) is 10.6. The molecule has 0 aliphatic heterocycles. The van der Waals surface area contributed by atoms with Gasteiger partial charge in [-0.2, -0.15) is 0 Å². The summed E-state index contributed by atoms with van der Waals surface area (Å²) in [7, 11) is 0. The zero-order chi connectivity index (χ0) is 23.8. The topological polar surface area (TPSA) is 78.9 Å². The van der Waals surface area contributed by atoms with Crippen molar-refractivity contribution < 1.29 is 28.6 Å². The lowest BCUT2D eigenvalue weighted by Gasteiger charge is -2.11. The van der Waals surface area contributed by atoms with Gasteiger partial charge in [-0.15, -0.1) is 0 Å². The highest BCUT2D eigenvalue weighted by molar-refractivity contribution is 5.78. The molecule has 0 aliphatic carbocycles. The van der Waals surface area contributed by atoms with Crippen LogP contribution >= 0.6 is 0 Å². The Balaban J connectivity index is 2.24. The van der Waals surface area contributed by atoms with E-state index in [2.05, 4.69) is 0 Å². The Bertz CT molecular complexity index is 944. The molecule has 0 radical (unpaired) electrons. The molecule has 2 rings (SSSR count). The number of hydrogen-bond acceptors (Lipinski definition) is 6. The van der Waals surface area contributed by atoms with Crippen LogP contribution in [0.1, 0.15) is 52.7 Å². The quantitative estimate of drug-likeness (QED) is 0.306. The summed E-state index contributed by atoms with van der Waals surface area (Å²) >= 11 is 0. The second-order valence-electron chi connectivity index (χ2n) is 8.37. The molecule has 0 N–H and O–H groups in total. The number of rotatable bonds is 8. The lowest BCUT2D eigenvalue weighted by molar-refractivity contribution is -0.138. The highest BCUT2D eigenvalue weighted by Gasteiger charge is 2.14. The van der Waals surface area contributed by atoms with Gasteiger partial charge in [-0.05, 0) is 35.4 Å². The molecule has 0 unspecified atom stereocenters. The van der Waals surface area contributed by atoms with Crippen LogP contribution in [0.25, 0.3) is 12.2 Å². The molecule has 2 aromatic rings. The first-order chi connectivity index (χ1) is 15.0. The smallest absolute Gasteiger partial charge is 0.313 e. The summed E-state index contributed by atoms with van der Waals surface area (Å²) in [5.74, 6) is -0.751. The number of hydrogen-bond donors (Lipinski definition) is 0. The Labute approximate surface area is 189 Å². The Morgan fingerprint density at radius 3 is 1.34 bits per heavy atom. The Morgan fingerprint density at radius 1 is 0.562 bits per heavy atom. The molecule has 0 spiro atoms. The van der Waals surface area contributed by atoms with Crippen molar-refractivity contribution in [2.24, 2.45) is 17.8 Å². The zero-order valence-electron chi connectivity index (χ0n) is 19.4. The van der Waals surface area contributed by atoms with Crippen molar-refractivity contribution >= 4 is 30.1 Å². The van der Waals surface area contributed by atoms with Gasteiger partial charge in [-0.25, -0.2) is 0 Å². The molecular formula is C26H30O6. The maximum Gasteiger partial charge on any atom is 0.313 e. The second-order valence-corrected chi connectivity index (χ2v) is 8.37. The van der Waals surface area contributed by atoms with Crippen molar-refractivity contribution in [3.63, 3.8) is 0 Å². The summed E-state index contributed by atoms with van der Waals surface area (Å²) in [6, 6.07) is 12.0. The number of carbonyl (C=O) groups excluding carboxylic acids is 3. The summed E-state index contributed by atoms with van der Waals surface area (Å²) in [6.45, 7) is 10.5. The van der Waals surface area contributed by atoms with E-state index >= 15 is 0 Å². The molecule has 0 atom stereocenters. The van der Waals surface area contributed by atoms with Crippen LogP contribution in [0.5, 0.6) is 17.2 Å². The van der Waals surface area contributed by atoms with Crippen LogP contribution in [-0.2, 0) is 14.4 Å². The van der Waals surface area contributed by atoms with Gasteiger partial charge in [0.25, 0.3) is 0 Å². The van der Waals surface area contributed by atoms with Gasteiger partial charge in [0.05, 0.1) is 17.8 Å². The van der Waals surface area contributed by atoms with Crippen molar-refractivity contribution in [3.05, 3.63) is 53.6 Å². The fourth-order valence-electron chi connectivity index (χ4n) is 2.35. The molecule has 0 aliphatic rings. The van der Waals surface area contributed by atoms with Crippen LogP contribution in [0.15, 0.2) is 42.5 Å². The minimum atomic E-state index is -0.376. The standard InChI is InChI=1S/C26H30O6/c1-16(2)24(27)30-21-11-9-19(10-12-21)7-8-20-13-22(31-25(28)17(3)4)15-23(14-20)32-26(29)18(5)6/h7-18H,1-6H3/b8-7+. The molecule has 170 valence electrons. The van der Waals surface area contributed by atoms with Crippen molar-refractivity contribution in [2.75, 3.05) is 0 Å². The van der Waals surface area contributed by atoms with E-state index in [1.54, 1.807) is 65.8 Å². The summed E-state index contributed by atoms with van der Waals surface area (Å²) in [5.41, 5.74) is 1.57. The van der Waals surface area contributed by atoms with Gasteiger partial charge in [-0.1, -0.05) is 65.8 Å². The van der Waals surface area contributed by atoms with Crippen molar-refractivity contribution in [2.45, 2.75) is 41.5 Å². The fourth-order valence-corrected chi connectivity index (χ4v) is 2.35. The Morgan fingerprint density at radius 2 is 0.938 bits per heavy atom. The molecular weight excluding hydrogens is 408 g/mol. The van der Waals surface area contributed by atoms with E-state index in [1.807, 2.05) is 24.3 Å². The summed E-state index contributed by atoms with van der Waals surface area (Å²) < 4.78 is 16.1. The molecule has 32 heavy (non-hydrogen) atoms. The molecule has 2 aromatic carbocycles. The molecule has 0 heterocycles. The first-order valence-electron chi connectivity index (χ1n) is 10.6. The van der Waals surface area contributed by atoms with Gasteiger partial charge in [-0.3, -0.25) is 14.4 Å². The van der Waals surface area contributed by atoms with E-state index in [4.69, 9.17) is 14.2 Å². The number of esters is 3. The third-order valence-corrected chi connectivity index (χ3v) is 4.32. The molecule has 0 aromatic heterocycles. The molecule has 0 bridgehead atoms. The van der Waals surface area contributed by atoms with Crippen LogP contribution < -0.4 is 14.2 Å². The van der Waals surface area contributed by atoms with Crippen LogP contribution in [0, 0.1) is 17.8 Å². The predicted octanol–water partition coefficient (Wildman–Crippen LogP) is 5.54. The molecule has 0 fully saturated rings. The third kappa shape index (κ3) is 7.69. The summed E-state index contributed by atoms with van der Waals surface area (Å²) in [5, 5.41) is 0. The number of ether oxygens (including phenoxy) is 3. The Hall–Kier alpha value is -3.41. The fraction of sp³-hybridized carbons (Fsp3) is 0.346. The second kappa shape index (κ2) is 11.3. The predicted molar refractivity (Wildman–Crippen MR) is 123 cm³/mol. The maximum absolute atomic E-state index is 12.0. The lowest BCUT2D eigenvalue weighted by Crippen LogP contribution is -2.16. The normalized spacial score (nSPS) is 11.3. The van der Waals surface area contributed by atoms with Gasteiger partial charge in [0.2, 0.25) is 0 Å². The van der Waals surface area contributed by atoms with E-state index in [0.717, 1.165) is 5.56 Å². The van der Waals surface area contributed by atoms with Gasteiger partial charge >= 0.3 is 17.9 Å².